The Kier molecular flexibility index (Phi) is 7.49. The highest BCUT2D eigenvalue weighted by atomic mass is 16.2. The van der Waals surface area contributed by atoms with E-state index in [9.17, 15) is 9.59 Å². The second-order valence-electron chi connectivity index (χ2n) is 6.74. The van der Waals surface area contributed by atoms with Gasteiger partial charge in [0.05, 0.1) is 0 Å². The van der Waals surface area contributed by atoms with Crippen molar-refractivity contribution in [2.24, 2.45) is 5.73 Å². The van der Waals surface area contributed by atoms with Gasteiger partial charge in [-0.3, -0.25) is 14.6 Å². The van der Waals surface area contributed by atoms with Gasteiger partial charge in [-0.25, -0.2) is 0 Å². The summed E-state index contributed by atoms with van der Waals surface area (Å²) in [5.41, 5.74) is 7.21. The van der Waals surface area contributed by atoms with Gasteiger partial charge in [-0.1, -0.05) is 38.1 Å². The highest BCUT2D eigenvalue weighted by Crippen LogP contribution is 2.10. The molecule has 0 spiro atoms. The van der Waals surface area contributed by atoms with Gasteiger partial charge in [0.25, 0.3) is 5.91 Å². The van der Waals surface area contributed by atoms with E-state index >= 15 is 0 Å². The molecule has 2 rings (SSSR count). The quantitative estimate of drug-likeness (QED) is 0.631. The van der Waals surface area contributed by atoms with Crippen LogP contribution in [-0.2, 0) is 11.2 Å². The number of carbonyl (C=O) groups is 2. The molecule has 1 aromatic heterocycles. The second-order valence-corrected chi connectivity index (χ2v) is 6.74. The molecule has 0 saturated carbocycles. The fourth-order valence-corrected chi connectivity index (χ4v) is 2.68. The number of amides is 2. The van der Waals surface area contributed by atoms with E-state index in [1.165, 1.54) is 0 Å². The first-order valence-corrected chi connectivity index (χ1v) is 9.29. The lowest BCUT2D eigenvalue weighted by Gasteiger charge is -2.28. The smallest absolute Gasteiger partial charge is 0.251 e. The van der Waals surface area contributed by atoms with E-state index in [-0.39, 0.29) is 11.8 Å². The van der Waals surface area contributed by atoms with E-state index in [2.05, 4.69) is 15.6 Å². The molecular weight excluding hydrogens is 340 g/mol. The number of aromatic nitrogens is 1. The van der Waals surface area contributed by atoms with Crippen LogP contribution >= 0.6 is 0 Å². The lowest BCUT2D eigenvalue weighted by molar-refractivity contribution is -0.123. The monoisotopic (exact) mass is 368 g/mol. The summed E-state index contributed by atoms with van der Waals surface area (Å²) in [6, 6.07) is 11.8. The molecule has 4 N–H and O–H groups in total. The largest absolute Gasteiger partial charge is 0.352 e. The first kappa shape index (κ1) is 20.6. The van der Waals surface area contributed by atoms with Gasteiger partial charge in [-0.15, -0.1) is 0 Å². The van der Waals surface area contributed by atoms with E-state index in [0.29, 0.717) is 18.5 Å². The molecule has 0 aliphatic rings. The number of carbonyl (C=O) groups excluding carboxylic acids is 2. The van der Waals surface area contributed by atoms with Gasteiger partial charge in [0.15, 0.2) is 0 Å². The molecule has 0 aliphatic carbocycles. The van der Waals surface area contributed by atoms with Crippen molar-refractivity contribution in [2.75, 3.05) is 6.54 Å². The number of nitrogens with one attached hydrogen (secondary N) is 2. The third kappa shape index (κ3) is 6.18. The predicted molar refractivity (Wildman–Crippen MR) is 106 cm³/mol. The zero-order chi connectivity index (χ0) is 19.7. The molecule has 2 amide bonds. The van der Waals surface area contributed by atoms with Gasteiger partial charge in [0.2, 0.25) is 5.91 Å². The van der Waals surface area contributed by atoms with Gasteiger partial charge in [-0.2, -0.15) is 0 Å². The maximum absolute atomic E-state index is 12.8. The molecule has 0 bridgehead atoms. The lowest BCUT2D eigenvalue weighted by Crippen LogP contribution is -2.54. The lowest BCUT2D eigenvalue weighted by atomic mass is 9.94. The summed E-state index contributed by atoms with van der Waals surface area (Å²) in [6.45, 7) is 4.36. The molecule has 1 atom stereocenters. The summed E-state index contributed by atoms with van der Waals surface area (Å²) >= 11 is 0. The Hall–Kier alpha value is -2.73. The van der Waals surface area contributed by atoms with Crippen LogP contribution in [0.5, 0.6) is 0 Å². The molecular formula is C21H28N4O2. The van der Waals surface area contributed by atoms with Gasteiger partial charge < -0.3 is 16.4 Å². The van der Waals surface area contributed by atoms with Crippen LogP contribution in [0.25, 0.3) is 0 Å². The van der Waals surface area contributed by atoms with Crippen molar-refractivity contribution in [1.29, 1.82) is 0 Å². The first-order valence-electron chi connectivity index (χ1n) is 9.29. The highest BCUT2D eigenvalue weighted by Gasteiger charge is 2.26. The number of benzene rings is 1. The van der Waals surface area contributed by atoms with Gasteiger partial charge in [-0.05, 0) is 36.6 Å². The normalized spacial score (nSPS) is 12.3. The van der Waals surface area contributed by atoms with Crippen LogP contribution in [0.2, 0.25) is 0 Å². The Balaban J connectivity index is 2.11. The summed E-state index contributed by atoms with van der Waals surface area (Å²) < 4.78 is 0. The van der Waals surface area contributed by atoms with Crippen molar-refractivity contribution >= 4 is 11.8 Å². The maximum atomic E-state index is 12.8. The van der Waals surface area contributed by atoms with Crippen molar-refractivity contribution < 1.29 is 9.59 Å². The van der Waals surface area contributed by atoms with Crippen LogP contribution < -0.4 is 16.4 Å². The van der Waals surface area contributed by atoms with Gasteiger partial charge in [0, 0.05) is 36.5 Å². The van der Waals surface area contributed by atoms with E-state index < -0.39 is 11.6 Å². The molecule has 0 aliphatic heterocycles. The number of rotatable bonds is 9. The summed E-state index contributed by atoms with van der Waals surface area (Å²) in [6.07, 6.45) is 5.24. The van der Waals surface area contributed by atoms with Crippen molar-refractivity contribution in [1.82, 2.24) is 15.6 Å². The molecule has 144 valence electrons. The Labute approximate surface area is 160 Å². The van der Waals surface area contributed by atoms with Crippen LogP contribution in [0.3, 0.4) is 0 Å². The molecule has 1 heterocycles. The Morgan fingerprint density at radius 2 is 1.81 bits per heavy atom. The van der Waals surface area contributed by atoms with Crippen LogP contribution in [0.15, 0.2) is 54.9 Å². The van der Waals surface area contributed by atoms with Crippen molar-refractivity contribution in [3.05, 3.63) is 66.0 Å². The van der Waals surface area contributed by atoms with Crippen molar-refractivity contribution in [3.63, 3.8) is 0 Å². The summed E-state index contributed by atoms with van der Waals surface area (Å²) in [5, 5.41) is 5.74. The Morgan fingerprint density at radius 3 is 2.41 bits per heavy atom. The highest BCUT2D eigenvalue weighted by molar-refractivity contribution is 5.97. The minimum Gasteiger partial charge on any atom is -0.352 e. The van der Waals surface area contributed by atoms with Gasteiger partial charge >= 0.3 is 0 Å². The molecule has 6 heteroatoms. The second kappa shape index (κ2) is 9.83. The molecule has 0 saturated heterocycles. The fraction of sp³-hybridized carbons (Fsp3) is 0.381. The van der Waals surface area contributed by atoms with E-state index in [4.69, 9.17) is 5.73 Å². The van der Waals surface area contributed by atoms with Gasteiger partial charge in [0.1, 0.15) is 6.04 Å². The molecule has 2 aromatic rings. The SMILES string of the molecule is CCC(N)(CC)CNC(=O)C(Cc1cccnc1)NC(=O)c1ccccc1. The maximum Gasteiger partial charge on any atom is 0.251 e. The first-order chi connectivity index (χ1) is 13.0. The van der Waals surface area contributed by atoms with Crippen LogP contribution in [0, 0.1) is 0 Å². The average Bonchev–Trinajstić information content (AvgIpc) is 2.72. The zero-order valence-corrected chi connectivity index (χ0v) is 15.9. The summed E-state index contributed by atoms with van der Waals surface area (Å²) in [7, 11) is 0. The van der Waals surface area contributed by atoms with Crippen LogP contribution in [0.4, 0.5) is 0 Å². The van der Waals surface area contributed by atoms with Crippen LogP contribution in [-0.4, -0.2) is 34.9 Å². The minimum atomic E-state index is -0.708. The molecule has 1 unspecified atom stereocenters. The van der Waals surface area contributed by atoms with E-state index in [1.54, 1.807) is 36.7 Å². The molecule has 6 nitrogen and oxygen atoms in total. The number of nitrogens with two attached hydrogens (primary N) is 1. The summed E-state index contributed by atoms with van der Waals surface area (Å²) in [4.78, 5) is 29.4. The zero-order valence-electron chi connectivity index (χ0n) is 15.9. The average molecular weight is 368 g/mol. The standard InChI is InChI=1S/C21H28N4O2/c1-3-21(22,4-2)15-24-20(27)18(13-16-9-8-12-23-14-16)25-19(26)17-10-6-5-7-11-17/h5-12,14,18H,3-4,13,15,22H2,1-2H3,(H,24,27)(H,25,26). The number of hydrogen-bond acceptors (Lipinski definition) is 4. The number of nitrogens with zero attached hydrogens (tertiary/aromatic N) is 1. The summed E-state index contributed by atoms with van der Waals surface area (Å²) in [5.74, 6) is -0.538. The number of pyridine rings is 1. The molecule has 27 heavy (non-hydrogen) atoms. The number of hydrogen-bond donors (Lipinski definition) is 3. The third-order valence-corrected chi connectivity index (χ3v) is 4.84. The Morgan fingerprint density at radius 1 is 1.11 bits per heavy atom. The van der Waals surface area contributed by atoms with E-state index in [0.717, 1.165) is 18.4 Å². The molecule has 0 radical (unpaired) electrons. The third-order valence-electron chi connectivity index (χ3n) is 4.84. The Bertz CT molecular complexity index is 730. The van der Waals surface area contributed by atoms with E-state index in [1.807, 2.05) is 32.0 Å². The van der Waals surface area contributed by atoms with Crippen molar-refractivity contribution in [3.8, 4) is 0 Å². The van der Waals surface area contributed by atoms with Crippen LogP contribution in [0.1, 0.15) is 42.6 Å². The fourth-order valence-electron chi connectivity index (χ4n) is 2.68. The minimum absolute atomic E-state index is 0.250. The predicted octanol–water partition coefficient (Wildman–Crippen LogP) is 2.06. The van der Waals surface area contributed by atoms with Crippen molar-refractivity contribution in [2.45, 2.75) is 44.7 Å². The molecule has 0 fully saturated rings. The molecule has 1 aromatic carbocycles. The topological polar surface area (TPSA) is 97.1 Å².